The van der Waals surface area contributed by atoms with Crippen molar-refractivity contribution in [3.05, 3.63) is 18.2 Å². The van der Waals surface area contributed by atoms with E-state index in [1.807, 2.05) is 0 Å². The van der Waals surface area contributed by atoms with Crippen LogP contribution in [0.3, 0.4) is 0 Å². The molecule has 0 bridgehead atoms. The summed E-state index contributed by atoms with van der Waals surface area (Å²) in [5.41, 5.74) is 0. The lowest BCUT2D eigenvalue weighted by Crippen LogP contribution is -2.46. The first-order chi connectivity index (χ1) is 10.1. The van der Waals surface area contributed by atoms with Crippen molar-refractivity contribution >= 4 is 12.0 Å². The number of carboxylic acid groups (broad SMARTS) is 1. The van der Waals surface area contributed by atoms with Gasteiger partial charge in [0.25, 0.3) is 0 Å². The van der Waals surface area contributed by atoms with Crippen LogP contribution in [0.1, 0.15) is 25.1 Å². The molecule has 0 saturated carbocycles. The molecule has 118 valence electrons. The first-order valence-electron chi connectivity index (χ1n) is 6.88. The number of hydrogen-bond donors (Lipinski definition) is 4. The molecular weight excluding hydrogens is 276 g/mol. The van der Waals surface area contributed by atoms with E-state index < -0.39 is 18.0 Å². The Morgan fingerprint density at radius 2 is 2.29 bits per heavy atom. The fraction of sp³-hybridized carbons (Fsp3) is 0.615. The third-order valence-corrected chi connectivity index (χ3v) is 2.88. The summed E-state index contributed by atoms with van der Waals surface area (Å²) >= 11 is 0. The first kappa shape index (κ1) is 17.0. The van der Waals surface area contributed by atoms with Gasteiger partial charge in [-0.1, -0.05) is 0 Å². The third-order valence-electron chi connectivity index (χ3n) is 2.88. The Hall–Kier alpha value is -2.09. The fourth-order valence-electron chi connectivity index (χ4n) is 1.79. The summed E-state index contributed by atoms with van der Waals surface area (Å²) in [7, 11) is 1.55. The highest BCUT2D eigenvalue weighted by molar-refractivity contribution is 5.82. The van der Waals surface area contributed by atoms with Gasteiger partial charge in [0, 0.05) is 39.1 Å². The van der Waals surface area contributed by atoms with Gasteiger partial charge in [0.1, 0.15) is 11.9 Å². The smallest absolute Gasteiger partial charge is 0.326 e. The molecule has 1 heterocycles. The van der Waals surface area contributed by atoms with Gasteiger partial charge in [0.2, 0.25) is 0 Å². The molecule has 21 heavy (non-hydrogen) atoms. The van der Waals surface area contributed by atoms with Crippen LogP contribution in [-0.4, -0.2) is 53.4 Å². The van der Waals surface area contributed by atoms with E-state index in [-0.39, 0.29) is 0 Å². The Labute approximate surface area is 123 Å². The van der Waals surface area contributed by atoms with Crippen molar-refractivity contribution in [2.45, 2.75) is 31.7 Å². The highest BCUT2D eigenvalue weighted by Crippen LogP contribution is 1.98. The number of nitrogens with zero attached hydrogens (tertiary/aromatic N) is 1. The number of carbonyl (C=O) groups excluding carboxylic acids is 1. The van der Waals surface area contributed by atoms with Crippen LogP contribution in [-0.2, 0) is 16.0 Å². The number of rotatable bonds is 10. The van der Waals surface area contributed by atoms with Gasteiger partial charge in [-0.3, -0.25) is 0 Å². The maximum Gasteiger partial charge on any atom is 0.326 e. The number of ether oxygens (including phenoxy) is 1. The van der Waals surface area contributed by atoms with Crippen molar-refractivity contribution in [2.24, 2.45) is 0 Å². The van der Waals surface area contributed by atoms with E-state index in [2.05, 4.69) is 20.6 Å². The van der Waals surface area contributed by atoms with Gasteiger partial charge in [-0.05, 0) is 19.3 Å². The maximum absolute atomic E-state index is 11.6. The van der Waals surface area contributed by atoms with Crippen molar-refractivity contribution in [1.29, 1.82) is 0 Å². The molecule has 0 aliphatic rings. The van der Waals surface area contributed by atoms with E-state index in [1.54, 1.807) is 19.5 Å². The minimum Gasteiger partial charge on any atom is -0.480 e. The van der Waals surface area contributed by atoms with Crippen LogP contribution in [0.2, 0.25) is 0 Å². The molecule has 1 rings (SSSR count). The number of urea groups is 1. The zero-order valence-corrected chi connectivity index (χ0v) is 12.1. The average molecular weight is 298 g/mol. The Bertz CT molecular complexity index is 422. The molecule has 0 aromatic carbocycles. The summed E-state index contributed by atoms with van der Waals surface area (Å²) in [6.07, 6.45) is 5.78. The van der Waals surface area contributed by atoms with Crippen molar-refractivity contribution in [2.75, 3.05) is 20.3 Å². The number of aromatic nitrogens is 2. The normalized spacial score (nSPS) is 11.9. The molecule has 1 unspecified atom stereocenters. The van der Waals surface area contributed by atoms with Gasteiger partial charge < -0.3 is 25.5 Å². The van der Waals surface area contributed by atoms with Crippen LogP contribution in [0, 0.1) is 0 Å². The molecule has 1 atom stereocenters. The quantitative estimate of drug-likeness (QED) is 0.470. The number of hydrogen-bond acceptors (Lipinski definition) is 4. The molecule has 1 aromatic heterocycles. The summed E-state index contributed by atoms with van der Waals surface area (Å²) in [5, 5.41) is 14.1. The van der Waals surface area contributed by atoms with Crippen molar-refractivity contribution in [3.63, 3.8) is 0 Å². The van der Waals surface area contributed by atoms with Crippen LogP contribution < -0.4 is 10.6 Å². The predicted molar refractivity (Wildman–Crippen MR) is 76.0 cm³/mol. The van der Waals surface area contributed by atoms with Gasteiger partial charge in [-0.25, -0.2) is 14.6 Å². The monoisotopic (exact) mass is 298 g/mol. The predicted octanol–water partition coefficient (Wildman–Crippen LogP) is 0.521. The Kier molecular flexibility index (Phi) is 7.88. The molecule has 0 fully saturated rings. The van der Waals surface area contributed by atoms with E-state index in [9.17, 15) is 9.59 Å². The van der Waals surface area contributed by atoms with E-state index in [0.717, 1.165) is 18.7 Å². The topological polar surface area (TPSA) is 116 Å². The van der Waals surface area contributed by atoms with E-state index in [4.69, 9.17) is 9.84 Å². The molecule has 0 spiro atoms. The minimum atomic E-state index is -1.04. The number of amides is 2. The van der Waals surface area contributed by atoms with Gasteiger partial charge in [0.05, 0.1) is 0 Å². The number of H-pyrrole nitrogens is 1. The maximum atomic E-state index is 11.6. The second kappa shape index (κ2) is 9.76. The number of carboxylic acids is 1. The summed E-state index contributed by atoms with van der Waals surface area (Å²) in [6, 6.07) is -1.37. The van der Waals surface area contributed by atoms with E-state index >= 15 is 0 Å². The van der Waals surface area contributed by atoms with Crippen molar-refractivity contribution in [1.82, 2.24) is 20.6 Å². The average Bonchev–Trinajstić information content (AvgIpc) is 2.96. The standard InChI is InChI=1S/C13H22N4O4/c1-21-9-3-4-10(12(18)19)17-13(20)16-6-2-5-11-14-7-8-15-11/h7-8,10H,2-6,9H2,1H3,(H,14,15)(H,18,19)(H2,16,17,20). The number of carbonyl (C=O) groups is 2. The Morgan fingerprint density at radius 3 is 2.90 bits per heavy atom. The summed E-state index contributed by atoms with van der Waals surface area (Å²) in [5.74, 6) is -0.183. The summed E-state index contributed by atoms with van der Waals surface area (Å²) in [4.78, 5) is 29.7. The number of methoxy groups -OCH3 is 1. The van der Waals surface area contributed by atoms with Crippen LogP contribution in [0.25, 0.3) is 0 Å². The molecule has 0 aliphatic heterocycles. The van der Waals surface area contributed by atoms with Crippen molar-refractivity contribution < 1.29 is 19.4 Å². The molecular formula is C13H22N4O4. The lowest BCUT2D eigenvalue weighted by Gasteiger charge is -2.14. The van der Waals surface area contributed by atoms with Gasteiger partial charge in [0.15, 0.2) is 0 Å². The molecule has 8 heteroatoms. The largest absolute Gasteiger partial charge is 0.480 e. The second-order valence-electron chi connectivity index (χ2n) is 4.57. The first-order valence-corrected chi connectivity index (χ1v) is 6.88. The molecule has 8 nitrogen and oxygen atoms in total. The highest BCUT2D eigenvalue weighted by Gasteiger charge is 2.18. The zero-order valence-electron chi connectivity index (χ0n) is 12.1. The van der Waals surface area contributed by atoms with Crippen LogP contribution in [0.5, 0.6) is 0 Å². The molecule has 2 amide bonds. The molecule has 0 aliphatic carbocycles. The lowest BCUT2D eigenvalue weighted by atomic mass is 10.1. The molecule has 0 saturated heterocycles. The number of imidazole rings is 1. The number of aliphatic carboxylic acids is 1. The summed E-state index contributed by atoms with van der Waals surface area (Å²) < 4.78 is 4.86. The number of nitrogens with one attached hydrogen (secondary N) is 3. The molecule has 0 radical (unpaired) electrons. The van der Waals surface area contributed by atoms with Crippen molar-refractivity contribution in [3.8, 4) is 0 Å². The van der Waals surface area contributed by atoms with E-state index in [1.165, 1.54) is 0 Å². The number of aromatic amines is 1. The third kappa shape index (κ3) is 7.31. The Balaban J connectivity index is 2.18. The van der Waals surface area contributed by atoms with Crippen LogP contribution in [0.15, 0.2) is 12.4 Å². The molecule has 4 N–H and O–H groups in total. The lowest BCUT2D eigenvalue weighted by molar-refractivity contribution is -0.139. The summed E-state index contributed by atoms with van der Waals surface area (Å²) in [6.45, 7) is 0.924. The second-order valence-corrected chi connectivity index (χ2v) is 4.57. The minimum absolute atomic E-state index is 0.336. The SMILES string of the molecule is COCCCC(NC(=O)NCCCc1ncc[nH]1)C(=O)O. The van der Waals surface area contributed by atoms with Gasteiger partial charge >= 0.3 is 12.0 Å². The van der Waals surface area contributed by atoms with Crippen LogP contribution in [0.4, 0.5) is 4.79 Å². The van der Waals surface area contributed by atoms with Gasteiger partial charge in [-0.15, -0.1) is 0 Å². The molecule has 1 aromatic rings. The number of aryl methyl sites for hydroxylation is 1. The highest BCUT2D eigenvalue weighted by atomic mass is 16.5. The van der Waals surface area contributed by atoms with Crippen LogP contribution >= 0.6 is 0 Å². The van der Waals surface area contributed by atoms with E-state index in [0.29, 0.717) is 26.0 Å². The zero-order chi connectivity index (χ0) is 15.5. The van der Waals surface area contributed by atoms with Gasteiger partial charge in [-0.2, -0.15) is 0 Å². The Morgan fingerprint density at radius 1 is 1.48 bits per heavy atom. The fourth-order valence-corrected chi connectivity index (χ4v) is 1.79.